The smallest absolute Gasteiger partial charge is 0.179 e. The van der Waals surface area contributed by atoms with Crippen LogP contribution in [-0.2, 0) is 11.3 Å². The normalized spacial score (nSPS) is 18.6. The Morgan fingerprint density at radius 3 is 2.86 bits per heavy atom. The van der Waals surface area contributed by atoms with Crippen molar-refractivity contribution in [3.63, 3.8) is 0 Å². The number of nitrogens with one attached hydrogen (secondary N) is 1. The number of halogens is 1. The number of benzene rings is 1. The second-order valence-electron chi connectivity index (χ2n) is 5.95. The molecule has 5 heteroatoms. The van der Waals surface area contributed by atoms with Crippen molar-refractivity contribution in [2.45, 2.75) is 25.8 Å². The molecule has 1 heterocycles. The first-order valence-electron chi connectivity index (χ1n) is 7.50. The molecule has 0 unspecified atom stereocenters. The Labute approximate surface area is 130 Å². The highest BCUT2D eigenvalue weighted by Crippen LogP contribution is 2.48. The van der Waals surface area contributed by atoms with Gasteiger partial charge in [0.15, 0.2) is 11.5 Å². The molecule has 21 heavy (non-hydrogen) atoms. The van der Waals surface area contributed by atoms with E-state index in [1.807, 2.05) is 12.1 Å². The van der Waals surface area contributed by atoms with E-state index in [-0.39, 0.29) is 0 Å². The van der Waals surface area contributed by atoms with Crippen molar-refractivity contribution in [1.29, 1.82) is 0 Å². The van der Waals surface area contributed by atoms with E-state index in [2.05, 4.69) is 5.32 Å². The zero-order valence-corrected chi connectivity index (χ0v) is 13.2. The highest BCUT2D eigenvalue weighted by Gasteiger charge is 2.41. The van der Waals surface area contributed by atoms with E-state index >= 15 is 0 Å². The molecule has 1 fully saturated rings. The van der Waals surface area contributed by atoms with E-state index in [9.17, 15) is 0 Å². The van der Waals surface area contributed by atoms with Gasteiger partial charge >= 0.3 is 0 Å². The summed E-state index contributed by atoms with van der Waals surface area (Å²) >= 11 is 6.25. The first-order chi connectivity index (χ1) is 10.2. The third kappa shape index (κ3) is 3.62. The van der Waals surface area contributed by atoms with Crippen molar-refractivity contribution in [1.82, 2.24) is 5.32 Å². The summed E-state index contributed by atoms with van der Waals surface area (Å²) in [5, 5.41) is 4.17. The average molecular weight is 312 g/mol. The van der Waals surface area contributed by atoms with Crippen LogP contribution >= 0.6 is 11.6 Å². The monoisotopic (exact) mass is 311 g/mol. The zero-order valence-electron chi connectivity index (χ0n) is 12.4. The van der Waals surface area contributed by atoms with Crippen LogP contribution in [0.25, 0.3) is 0 Å². The predicted molar refractivity (Wildman–Crippen MR) is 82.3 cm³/mol. The van der Waals surface area contributed by atoms with Gasteiger partial charge in [-0.05, 0) is 42.4 Å². The van der Waals surface area contributed by atoms with Gasteiger partial charge in [-0.3, -0.25) is 0 Å². The third-order valence-electron chi connectivity index (χ3n) is 4.28. The van der Waals surface area contributed by atoms with Gasteiger partial charge in [-0.15, -0.1) is 0 Å². The van der Waals surface area contributed by atoms with Gasteiger partial charge in [-0.25, -0.2) is 0 Å². The number of methoxy groups -OCH3 is 1. The minimum Gasteiger partial charge on any atom is -0.486 e. The summed E-state index contributed by atoms with van der Waals surface area (Å²) in [5.74, 6) is 1.43. The van der Waals surface area contributed by atoms with Crippen LogP contribution in [0.4, 0.5) is 0 Å². The van der Waals surface area contributed by atoms with Crippen LogP contribution in [0.1, 0.15) is 24.8 Å². The van der Waals surface area contributed by atoms with Crippen molar-refractivity contribution in [3.8, 4) is 11.5 Å². The summed E-state index contributed by atoms with van der Waals surface area (Å²) in [6, 6.07) is 3.97. The van der Waals surface area contributed by atoms with E-state index in [4.69, 9.17) is 25.8 Å². The Balaban J connectivity index is 1.55. The Morgan fingerprint density at radius 1 is 1.29 bits per heavy atom. The van der Waals surface area contributed by atoms with Crippen LogP contribution in [0.3, 0.4) is 0 Å². The van der Waals surface area contributed by atoms with Gasteiger partial charge in [0, 0.05) is 26.8 Å². The zero-order chi connectivity index (χ0) is 14.7. The minimum atomic E-state index is 0.452. The van der Waals surface area contributed by atoms with Gasteiger partial charge in [-0.2, -0.15) is 0 Å². The quantitative estimate of drug-likeness (QED) is 0.840. The lowest BCUT2D eigenvalue weighted by Crippen LogP contribution is -2.25. The predicted octanol–water partition coefficient (Wildman–Crippen LogP) is 3.02. The Bertz CT molecular complexity index is 503. The lowest BCUT2D eigenvalue weighted by molar-refractivity contribution is 0.170. The molecule has 0 amide bonds. The molecule has 1 aromatic carbocycles. The molecule has 1 aliphatic carbocycles. The lowest BCUT2D eigenvalue weighted by Gasteiger charge is -2.21. The molecule has 1 N–H and O–H groups in total. The third-order valence-corrected chi connectivity index (χ3v) is 4.56. The highest BCUT2D eigenvalue weighted by molar-refractivity contribution is 6.32. The molecule has 1 saturated carbocycles. The van der Waals surface area contributed by atoms with Gasteiger partial charge in [0.05, 0.1) is 5.02 Å². The molecule has 3 rings (SSSR count). The molecule has 116 valence electrons. The minimum absolute atomic E-state index is 0.452. The van der Waals surface area contributed by atoms with Crippen molar-refractivity contribution in [3.05, 3.63) is 22.7 Å². The summed E-state index contributed by atoms with van der Waals surface area (Å²) in [5.41, 5.74) is 1.58. The Hall–Kier alpha value is -0.970. The van der Waals surface area contributed by atoms with Gasteiger partial charge < -0.3 is 19.5 Å². The number of ether oxygens (including phenoxy) is 3. The van der Waals surface area contributed by atoms with Crippen LogP contribution in [0.5, 0.6) is 11.5 Å². The topological polar surface area (TPSA) is 39.7 Å². The summed E-state index contributed by atoms with van der Waals surface area (Å²) < 4.78 is 16.3. The van der Waals surface area contributed by atoms with Gasteiger partial charge in [0.2, 0.25) is 0 Å². The molecule has 1 aromatic rings. The summed E-state index contributed by atoms with van der Waals surface area (Å²) in [6.45, 7) is 3.82. The fraction of sp³-hybridized carbons (Fsp3) is 0.625. The molecule has 0 atom stereocenters. The molecular formula is C16H22ClNO3. The van der Waals surface area contributed by atoms with Crippen LogP contribution in [0.15, 0.2) is 12.1 Å². The Kier molecular flexibility index (Phi) is 4.57. The van der Waals surface area contributed by atoms with Gasteiger partial charge in [-0.1, -0.05) is 11.6 Å². The van der Waals surface area contributed by atoms with Crippen LogP contribution in [0, 0.1) is 5.41 Å². The highest BCUT2D eigenvalue weighted by atomic mass is 35.5. The van der Waals surface area contributed by atoms with Crippen molar-refractivity contribution >= 4 is 11.6 Å². The molecule has 1 aliphatic heterocycles. The maximum absolute atomic E-state index is 6.25. The molecule has 4 nitrogen and oxygen atoms in total. The van der Waals surface area contributed by atoms with Gasteiger partial charge in [0.25, 0.3) is 0 Å². The molecule has 0 radical (unpaired) electrons. The van der Waals surface area contributed by atoms with Gasteiger partial charge in [0.1, 0.15) is 13.2 Å². The maximum atomic E-state index is 6.25. The SMILES string of the molecule is COCCC1(CNCc2cc(Cl)c3c(c2)OCCO3)CC1. The molecule has 0 spiro atoms. The number of hydrogen-bond acceptors (Lipinski definition) is 4. The van der Waals surface area contributed by atoms with E-state index in [1.165, 1.54) is 12.8 Å². The van der Waals surface area contributed by atoms with Crippen LogP contribution < -0.4 is 14.8 Å². The summed E-state index contributed by atoms with van der Waals surface area (Å²) in [7, 11) is 1.76. The lowest BCUT2D eigenvalue weighted by atomic mass is 10.0. The molecule has 0 saturated heterocycles. The van der Waals surface area contributed by atoms with Crippen molar-refractivity contribution < 1.29 is 14.2 Å². The standard InChI is InChI=1S/C16H22ClNO3/c1-19-5-4-16(2-3-16)11-18-10-12-8-13(17)15-14(9-12)20-6-7-21-15/h8-9,18H,2-7,10-11H2,1H3. The maximum Gasteiger partial charge on any atom is 0.179 e. The number of rotatable bonds is 7. The summed E-state index contributed by atoms with van der Waals surface area (Å²) in [6.07, 6.45) is 3.73. The largest absolute Gasteiger partial charge is 0.486 e. The molecule has 0 aromatic heterocycles. The first-order valence-corrected chi connectivity index (χ1v) is 7.88. The first kappa shape index (κ1) is 14.9. The fourth-order valence-corrected chi connectivity index (χ4v) is 3.04. The molecule has 2 aliphatic rings. The number of fused-ring (bicyclic) bond motifs is 1. The average Bonchev–Trinajstić information content (AvgIpc) is 3.26. The number of hydrogen-bond donors (Lipinski definition) is 1. The second kappa shape index (κ2) is 6.42. The van der Waals surface area contributed by atoms with E-state index in [0.717, 1.165) is 37.4 Å². The van der Waals surface area contributed by atoms with Crippen LogP contribution in [-0.4, -0.2) is 33.5 Å². The van der Waals surface area contributed by atoms with Crippen molar-refractivity contribution in [2.24, 2.45) is 5.41 Å². The molecular weight excluding hydrogens is 290 g/mol. The fourth-order valence-electron chi connectivity index (χ4n) is 2.75. The summed E-state index contributed by atoms with van der Waals surface area (Å²) in [4.78, 5) is 0. The Morgan fingerprint density at radius 2 is 2.10 bits per heavy atom. The van der Waals surface area contributed by atoms with E-state index in [1.54, 1.807) is 7.11 Å². The van der Waals surface area contributed by atoms with Crippen LogP contribution in [0.2, 0.25) is 5.02 Å². The van der Waals surface area contributed by atoms with E-state index < -0.39 is 0 Å². The van der Waals surface area contributed by atoms with Crippen molar-refractivity contribution in [2.75, 3.05) is 33.5 Å². The molecule has 0 bridgehead atoms. The van der Waals surface area contributed by atoms with E-state index in [0.29, 0.717) is 29.4 Å². The second-order valence-corrected chi connectivity index (χ2v) is 6.36.